The van der Waals surface area contributed by atoms with Crippen LogP contribution in [-0.2, 0) is 19.1 Å². The third kappa shape index (κ3) is 5.18. The van der Waals surface area contributed by atoms with Gasteiger partial charge >= 0.3 is 5.97 Å². The van der Waals surface area contributed by atoms with E-state index in [9.17, 15) is 9.59 Å². The lowest BCUT2D eigenvalue weighted by Crippen LogP contribution is -2.52. The Kier molecular flexibility index (Phi) is 8.23. The lowest BCUT2D eigenvalue weighted by atomic mass is 9.71. The van der Waals surface area contributed by atoms with Gasteiger partial charge in [-0.25, -0.2) is 4.79 Å². The van der Waals surface area contributed by atoms with Crippen LogP contribution in [0.3, 0.4) is 0 Å². The Morgan fingerprint density at radius 2 is 1.68 bits per heavy atom. The predicted molar refractivity (Wildman–Crippen MR) is 122 cm³/mol. The first kappa shape index (κ1) is 24.3. The first-order chi connectivity index (χ1) is 14.8. The largest absolute Gasteiger partial charge is 0.466 e. The number of carbonyl (C=O) groups excluding carboxylic acids is 2. The van der Waals surface area contributed by atoms with Gasteiger partial charge in [-0.05, 0) is 89.4 Å². The summed E-state index contributed by atoms with van der Waals surface area (Å²) in [4.78, 5) is 28.3. The molecule has 1 atom stereocenters. The van der Waals surface area contributed by atoms with Crippen LogP contribution in [0.5, 0.6) is 0 Å². The highest BCUT2D eigenvalue weighted by atomic mass is 16.5. The normalized spacial score (nSPS) is 34.7. The van der Waals surface area contributed by atoms with Gasteiger partial charge in [0.25, 0.3) is 0 Å². The van der Waals surface area contributed by atoms with Crippen molar-refractivity contribution in [3.8, 4) is 0 Å². The molecule has 1 spiro atoms. The molecule has 0 N–H and O–H groups in total. The van der Waals surface area contributed by atoms with Crippen LogP contribution in [0.1, 0.15) is 98.3 Å². The summed E-state index contributed by atoms with van der Waals surface area (Å²) in [6.45, 7) is 9.38. The maximum Gasteiger partial charge on any atom is 0.335 e. The summed E-state index contributed by atoms with van der Waals surface area (Å²) in [5.74, 6) is 1.26. The molecule has 1 unspecified atom stereocenters. The van der Waals surface area contributed by atoms with Gasteiger partial charge in [0.15, 0.2) is 0 Å². The highest BCUT2D eigenvalue weighted by molar-refractivity contribution is 5.91. The highest BCUT2D eigenvalue weighted by Gasteiger charge is 2.45. The lowest BCUT2D eigenvalue weighted by Gasteiger charge is -2.49. The first-order valence-corrected chi connectivity index (χ1v) is 12.6. The van der Waals surface area contributed by atoms with Gasteiger partial charge in [-0.15, -0.1) is 0 Å². The van der Waals surface area contributed by atoms with E-state index in [1.807, 2.05) is 18.7 Å². The SMILES string of the molecule is CCC(C(=O)OC)=C(C)N(C(=O)C1CCC(C)CC1)C1CCC2(CC1)OCCCC2C. The number of hydrogen-bond donors (Lipinski definition) is 0. The van der Waals surface area contributed by atoms with Crippen LogP contribution < -0.4 is 0 Å². The molecule has 0 aromatic carbocycles. The molecule has 3 aliphatic rings. The summed E-state index contributed by atoms with van der Waals surface area (Å²) in [6, 6.07) is 0.140. The van der Waals surface area contributed by atoms with Gasteiger partial charge in [-0.3, -0.25) is 4.79 Å². The summed E-state index contributed by atoms with van der Waals surface area (Å²) in [5, 5.41) is 0. The fourth-order valence-corrected chi connectivity index (χ4v) is 6.20. The third-order valence-electron chi connectivity index (χ3n) is 8.42. The van der Waals surface area contributed by atoms with E-state index >= 15 is 0 Å². The number of allylic oxidation sites excluding steroid dienone is 1. The number of esters is 1. The molecule has 0 aromatic heterocycles. The van der Waals surface area contributed by atoms with Crippen molar-refractivity contribution in [2.45, 2.75) is 110 Å². The molecule has 1 saturated heterocycles. The van der Waals surface area contributed by atoms with Gasteiger partial charge in [-0.2, -0.15) is 0 Å². The van der Waals surface area contributed by atoms with Gasteiger partial charge in [0.1, 0.15) is 0 Å². The Balaban J connectivity index is 1.85. The van der Waals surface area contributed by atoms with E-state index in [4.69, 9.17) is 9.47 Å². The predicted octanol–water partition coefficient (Wildman–Crippen LogP) is 5.63. The minimum atomic E-state index is -0.313. The molecule has 0 radical (unpaired) electrons. The van der Waals surface area contributed by atoms with Gasteiger partial charge in [0.05, 0.1) is 18.3 Å². The molecule has 1 amide bonds. The van der Waals surface area contributed by atoms with Crippen LogP contribution in [0.4, 0.5) is 0 Å². The minimum Gasteiger partial charge on any atom is -0.466 e. The Morgan fingerprint density at radius 1 is 1.03 bits per heavy atom. The molecule has 31 heavy (non-hydrogen) atoms. The van der Waals surface area contributed by atoms with Crippen molar-refractivity contribution in [1.82, 2.24) is 4.90 Å². The van der Waals surface area contributed by atoms with Gasteiger partial charge in [0.2, 0.25) is 5.91 Å². The van der Waals surface area contributed by atoms with Crippen molar-refractivity contribution >= 4 is 11.9 Å². The van der Waals surface area contributed by atoms with Crippen molar-refractivity contribution in [3.63, 3.8) is 0 Å². The summed E-state index contributed by atoms with van der Waals surface area (Å²) >= 11 is 0. The summed E-state index contributed by atoms with van der Waals surface area (Å²) in [7, 11) is 1.42. The number of amides is 1. The molecule has 5 heteroatoms. The molecule has 0 bridgehead atoms. The smallest absolute Gasteiger partial charge is 0.335 e. The average molecular weight is 434 g/mol. The van der Waals surface area contributed by atoms with Crippen molar-refractivity contribution in [2.75, 3.05) is 13.7 Å². The van der Waals surface area contributed by atoms with E-state index in [1.165, 1.54) is 13.5 Å². The monoisotopic (exact) mass is 433 g/mol. The zero-order valence-corrected chi connectivity index (χ0v) is 20.4. The summed E-state index contributed by atoms with van der Waals surface area (Å²) < 4.78 is 11.4. The summed E-state index contributed by atoms with van der Waals surface area (Å²) in [6.07, 6.45) is 11.0. The van der Waals surface area contributed by atoms with E-state index in [2.05, 4.69) is 13.8 Å². The van der Waals surface area contributed by atoms with Crippen LogP contribution in [0.2, 0.25) is 0 Å². The zero-order valence-electron chi connectivity index (χ0n) is 20.4. The Labute approximate surface area is 188 Å². The fraction of sp³-hybridized carbons (Fsp3) is 0.846. The molecule has 3 rings (SSSR count). The molecule has 3 fully saturated rings. The van der Waals surface area contributed by atoms with Gasteiger partial charge in [-0.1, -0.05) is 20.8 Å². The van der Waals surface area contributed by atoms with E-state index in [0.29, 0.717) is 23.8 Å². The zero-order chi connectivity index (χ0) is 22.6. The number of methoxy groups -OCH3 is 1. The molecule has 2 aliphatic carbocycles. The van der Waals surface area contributed by atoms with Crippen molar-refractivity contribution < 1.29 is 19.1 Å². The number of hydrogen-bond acceptors (Lipinski definition) is 4. The Hall–Kier alpha value is -1.36. The lowest BCUT2D eigenvalue weighted by molar-refractivity contribution is -0.150. The summed E-state index contributed by atoms with van der Waals surface area (Å²) in [5.41, 5.74) is 1.41. The van der Waals surface area contributed by atoms with Crippen molar-refractivity contribution in [2.24, 2.45) is 17.8 Å². The van der Waals surface area contributed by atoms with Crippen molar-refractivity contribution in [3.05, 3.63) is 11.3 Å². The van der Waals surface area contributed by atoms with E-state index < -0.39 is 0 Å². The molecule has 0 aromatic rings. The number of nitrogens with zero attached hydrogens (tertiary/aromatic N) is 1. The standard InChI is InChI=1S/C26H43NO4/c1-6-23(25(29)30-5)20(4)27(24(28)21-11-9-18(2)10-12-21)22-13-15-26(16-14-22)19(3)8-7-17-31-26/h18-19,21-22H,6-17H2,1-5H3. The van der Waals surface area contributed by atoms with Crippen LogP contribution in [0.15, 0.2) is 11.3 Å². The van der Waals surface area contributed by atoms with Crippen LogP contribution >= 0.6 is 0 Å². The molecule has 1 aliphatic heterocycles. The quantitative estimate of drug-likeness (QED) is 0.417. The fourth-order valence-electron chi connectivity index (χ4n) is 6.20. The van der Waals surface area contributed by atoms with Crippen LogP contribution in [0.25, 0.3) is 0 Å². The van der Waals surface area contributed by atoms with Crippen LogP contribution in [-0.4, -0.2) is 42.1 Å². The minimum absolute atomic E-state index is 0.0166. The molecular formula is C26H43NO4. The van der Waals surface area contributed by atoms with E-state index in [1.54, 1.807) is 0 Å². The average Bonchev–Trinajstić information content (AvgIpc) is 2.78. The van der Waals surface area contributed by atoms with Gasteiger partial charge in [0, 0.05) is 24.3 Å². The maximum atomic E-state index is 13.8. The first-order valence-electron chi connectivity index (χ1n) is 12.6. The van der Waals surface area contributed by atoms with E-state index in [-0.39, 0.29) is 29.4 Å². The molecule has 5 nitrogen and oxygen atoms in total. The maximum absolute atomic E-state index is 13.8. The molecule has 176 valence electrons. The number of ether oxygens (including phenoxy) is 2. The topological polar surface area (TPSA) is 55.8 Å². The molecule has 1 heterocycles. The van der Waals surface area contributed by atoms with E-state index in [0.717, 1.165) is 70.1 Å². The van der Waals surface area contributed by atoms with Gasteiger partial charge < -0.3 is 14.4 Å². The Bertz CT molecular complexity index is 669. The highest BCUT2D eigenvalue weighted by Crippen LogP contribution is 2.44. The van der Waals surface area contributed by atoms with Crippen LogP contribution in [0, 0.1) is 17.8 Å². The van der Waals surface area contributed by atoms with Crippen molar-refractivity contribution in [1.29, 1.82) is 0 Å². The molecular weight excluding hydrogens is 390 g/mol. The second kappa shape index (κ2) is 10.5. The second-order valence-electron chi connectivity index (χ2n) is 10.3. The number of carbonyl (C=O) groups is 2. The number of rotatable bonds is 5. The molecule has 2 saturated carbocycles. The third-order valence-corrected chi connectivity index (χ3v) is 8.42. The Morgan fingerprint density at radius 3 is 2.23 bits per heavy atom. The second-order valence-corrected chi connectivity index (χ2v) is 10.3.